The second kappa shape index (κ2) is 8.50. The van der Waals surface area contributed by atoms with Crippen molar-refractivity contribution in [3.05, 3.63) is 28.2 Å². The molecule has 96 valence electrons. The zero-order valence-corrected chi connectivity index (χ0v) is 12.0. The molecule has 1 aromatic rings. The highest BCUT2D eigenvalue weighted by atomic mass is 79.9. The number of nitrogens with one attached hydrogen (secondary N) is 1. The monoisotopic (exact) mass is 301 g/mol. The Morgan fingerprint density at radius 2 is 2.12 bits per heavy atom. The summed E-state index contributed by atoms with van der Waals surface area (Å²) in [5, 5.41) is 3.30. The summed E-state index contributed by atoms with van der Waals surface area (Å²) < 4.78 is 11.7. The van der Waals surface area contributed by atoms with Crippen molar-refractivity contribution in [2.75, 3.05) is 26.9 Å². The van der Waals surface area contributed by atoms with E-state index in [1.807, 2.05) is 12.1 Å². The van der Waals surface area contributed by atoms with E-state index in [0.717, 1.165) is 36.3 Å². The van der Waals surface area contributed by atoms with E-state index in [2.05, 4.69) is 34.2 Å². The molecule has 0 heterocycles. The van der Waals surface area contributed by atoms with E-state index in [0.29, 0.717) is 6.61 Å². The first-order valence-electron chi connectivity index (χ1n) is 5.88. The number of halogens is 1. The molecule has 0 aliphatic heterocycles. The summed E-state index contributed by atoms with van der Waals surface area (Å²) in [5.74, 6) is 0.914. The maximum atomic E-state index is 5.66. The molecule has 17 heavy (non-hydrogen) atoms. The molecule has 1 aromatic carbocycles. The summed E-state index contributed by atoms with van der Waals surface area (Å²) in [6.07, 6.45) is 0.912. The maximum Gasteiger partial charge on any atom is 0.119 e. The molecule has 0 aliphatic rings. The lowest BCUT2D eigenvalue weighted by molar-refractivity contribution is 0.172. The number of methoxy groups -OCH3 is 1. The van der Waals surface area contributed by atoms with Crippen molar-refractivity contribution in [3.63, 3.8) is 0 Å². The molecule has 3 nitrogen and oxygen atoms in total. The van der Waals surface area contributed by atoms with Gasteiger partial charge in [-0.05, 0) is 30.3 Å². The van der Waals surface area contributed by atoms with Crippen LogP contribution < -0.4 is 10.1 Å². The van der Waals surface area contributed by atoms with Crippen LogP contribution in [0, 0.1) is 0 Å². The predicted octanol–water partition coefficient (Wildman–Crippen LogP) is 2.97. The summed E-state index contributed by atoms with van der Waals surface area (Å²) in [6.45, 7) is 5.34. The molecule has 0 saturated carbocycles. The largest absolute Gasteiger partial charge is 0.493 e. The average Bonchev–Trinajstić information content (AvgIpc) is 2.35. The van der Waals surface area contributed by atoms with Gasteiger partial charge in [0, 0.05) is 31.2 Å². The van der Waals surface area contributed by atoms with Crippen LogP contribution in [0.5, 0.6) is 5.75 Å². The number of ether oxygens (including phenoxy) is 2. The number of hydrogen-bond acceptors (Lipinski definition) is 3. The zero-order chi connectivity index (χ0) is 12.5. The second-order valence-electron chi connectivity index (χ2n) is 3.73. The molecule has 0 fully saturated rings. The van der Waals surface area contributed by atoms with Crippen molar-refractivity contribution >= 4 is 15.9 Å². The molecule has 0 radical (unpaired) electrons. The topological polar surface area (TPSA) is 30.5 Å². The van der Waals surface area contributed by atoms with E-state index in [1.165, 1.54) is 5.56 Å². The van der Waals surface area contributed by atoms with Gasteiger partial charge < -0.3 is 14.8 Å². The van der Waals surface area contributed by atoms with Gasteiger partial charge in [-0.3, -0.25) is 0 Å². The first kappa shape index (κ1) is 14.5. The summed E-state index contributed by atoms with van der Waals surface area (Å²) in [7, 11) is 1.70. The van der Waals surface area contributed by atoms with Crippen molar-refractivity contribution < 1.29 is 9.47 Å². The Balaban J connectivity index is 2.49. The van der Waals surface area contributed by atoms with Gasteiger partial charge in [-0.25, -0.2) is 0 Å². The first-order valence-corrected chi connectivity index (χ1v) is 6.68. The normalized spacial score (nSPS) is 10.5. The van der Waals surface area contributed by atoms with E-state index in [9.17, 15) is 0 Å². The Hall–Kier alpha value is -0.580. The van der Waals surface area contributed by atoms with Crippen LogP contribution in [-0.4, -0.2) is 26.9 Å². The smallest absolute Gasteiger partial charge is 0.119 e. The number of hydrogen-bond donors (Lipinski definition) is 1. The minimum atomic E-state index is 0.691. The maximum absolute atomic E-state index is 5.66. The fourth-order valence-electron chi connectivity index (χ4n) is 1.43. The Kier molecular flexibility index (Phi) is 7.24. The first-order chi connectivity index (χ1) is 8.27. The van der Waals surface area contributed by atoms with Crippen LogP contribution in [0.15, 0.2) is 22.7 Å². The van der Waals surface area contributed by atoms with Crippen LogP contribution in [0.4, 0.5) is 0 Å². The lowest BCUT2D eigenvalue weighted by Crippen LogP contribution is -2.12. The van der Waals surface area contributed by atoms with Crippen LogP contribution in [-0.2, 0) is 11.3 Å². The molecule has 0 amide bonds. The molecular weight excluding hydrogens is 282 g/mol. The third kappa shape index (κ3) is 5.52. The van der Waals surface area contributed by atoms with Gasteiger partial charge in [0.15, 0.2) is 0 Å². The number of rotatable bonds is 8. The summed E-state index contributed by atoms with van der Waals surface area (Å²) >= 11 is 3.54. The van der Waals surface area contributed by atoms with Crippen LogP contribution >= 0.6 is 15.9 Å². The molecule has 4 heteroatoms. The molecule has 0 atom stereocenters. The molecule has 0 spiro atoms. The number of benzene rings is 1. The standard InChI is InChI=1S/C13H20BrNO2/c1-3-15-10-11-9-12(5-6-13(11)14)17-8-4-7-16-2/h5-6,9,15H,3-4,7-8,10H2,1-2H3. The summed E-state index contributed by atoms with van der Waals surface area (Å²) in [5.41, 5.74) is 1.22. The van der Waals surface area contributed by atoms with Crippen LogP contribution in [0.3, 0.4) is 0 Å². The summed E-state index contributed by atoms with van der Waals surface area (Å²) in [4.78, 5) is 0. The van der Waals surface area contributed by atoms with Crippen LogP contribution in [0.25, 0.3) is 0 Å². The molecule has 1 rings (SSSR count). The second-order valence-corrected chi connectivity index (χ2v) is 4.58. The van der Waals surface area contributed by atoms with Gasteiger partial charge in [0.2, 0.25) is 0 Å². The van der Waals surface area contributed by atoms with Gasteiger partial charge >= 0.3 is 0 Å². The van der Waals surface area contributed by atoms with Gasteiger partial charge in [0.25, 0.3) is 0 Å². The molecule has 0 saturated heterocycles. The van der Waals surface area contributed by atoms with E-state index in [-0.39, 0.29) is 0 Å². The minimum Gasteiger partial charge on any atom is -0.493 e. The van der Waals surface area contributed by atoms with Crippen molar-refractivity contribution in [3.8, 4) is 5.75 Å². The molecule has 0 aliphatic carbocycles. The van der Waals surface area contributed by atoms with E-state index in [1.54, 1.807) is 7.11 Å². The average molecular weight is 302 g/mol. The van der Waals surface area contributed by atoms with E-state index >= 15 is 0 Å². The SMILES string of the molecule is CCNCc1cc(OCCCOC)ccc1Br. The quantitative estimate of drug-likeness (QED) is 0.749. The van der Waals surface area contributed by atoms with Gasteiger partial charge in [0.05, 0.1) is 6.61 Å². The minimum absolute atomic E-state index is 0.691. The molecule has 1 N–H and O–H groups in total. The Morgan fingerprint density at radius 3 is 2.82 bits per heavy atom. The highest BCUT2D eigenvalue weighted by molar-refractivity contribution is 9.10. The van der Waals surface area contributed by atoms with Gasteiger partial charge in [-0.1, -0.05) is 22.9 Å². The lowest BCUT2D eigenvalue weighted by Gasteiger charge is -2.10. The van der Waals surface area contributed by atoms with Crippen molar-refractivity contribution in [1.29, 1.82) is 0 Å². The third-order valence-corrected chi connectivity index (χ3v) is 3.12. The molecular formula is C13H20BrNO2. The fraction of sp³-hybridized carbons (Fsp3) is 0.538. The van der Waals surface area contributed by atoms with Gasteiger partial charge in [-0.15, -0.1) is 0 Å². The highest BCUT2D eigenvalue weighted by Crippen LogP contribution is 2.22. The van der Waals surface area contributed by atoms with E-state index < -0.39 is 0 Å². The van der Waals surface area contributed by atoms with Crippen LogP contribution in [0.1, 0.15) is 18.9 Å². The molecule has 0 aromatic heterocycles. The Bertz CT molecular complexity index is 331. The third-order valence-electron chi connectivity index (χ3n) is 2.34. The van der Waals surface area contributed by atoms with Crippen molar-refractivity contribution in [2.45, 2.75) is 19.9 Å². The molecule has 0 unspecified atom stereocenters. The zero-order valence-electron chi connectivity index (χ0n) is 10.5. The fourth-order valence-corrected chi connectivity index (χ4v) is 1.82. The predicted molar refractivity (Wildman–Crippen MR) is 73.5 cm³/mol. The van der Waals surface area contributed by atoms with Crippen molar-refractivity contribution in [1.82, 2.24) is 5.32 Å². The Morgan fingerprint density at radius 1 is 1.29 bits per heavy atom. The molecule has 0 bridgehead atoms. The highest BCUT2D eigenvalue weighted by Gasteiger charge is 2.02. The van der Waals surface area contributed by atoms with E-state index in [4.69, 9.17) is 9.47 Å². The van der Waals surface area contributed by atoms with Gasteiger partial charge in [0.1, 0.15) is 5.75 Å². The van der Waals surface area contributed by atoms with Crippen LogP contribution in [0.2, 0.25) is 0 Å². The summed E-state index contributed by atoms with van der Waals surface area (Å²) in [6, 6.07) is 6.07. The Labute approximate surface area is 112 Å². The van der Waals surface area contributed by atoms with Gasteiger partial charge in [-0.2, -0.15) is 0 Å². The lowest BCUT2D eigenvalue weighted by atomic mass is 10.2. The van der Waals surface area contributed by atoms with Crippen molar-refractivity contribution in [2.24, 2.45) is 0 Å².